The first-order valence-corrected chi connectivity index (χ1v) is 9.11. The van der Waals surface area contributed by atoms with Crippen LogP contribution in [0.2, 0.25) is 0 Å². The summed E-state index contributed by atoms with van der Waals surface area (Å²) in [6.07, 6.45) is 0. The van der Waals surface area contributed by atoms with Gasteiger partial charge < -0.3 is 19.4 Å². The van der Waals surface area contributed by atoms with E-state index in [2.05, 4.69) is 60.6 Å². The summed E-state index contributed by atoms with van der Waals surface area (Å²) in [4.78, 5) is 7.38. The quantitative estimate of drug-likeness (QED) is 0.733. The van der Waals surface area contributed by atoms with E-state index in [9.17, 15) is 0 Å². The highest BCUT2D eigenvalue weighted by molar-refractivity contribution is 5.60. The molecule has 0 bridgehead atoms. The largest absolute Gasteiger partial charge is 0.490 e. The molecule has 1 heterocycles. The smallest absolute Gasteiger partial charge is 0.142 e. The monoisotopic (exact) mass is 319 g/mol. The number of hydrogen-bond acceptors (Lipinski definition) is 4. The van der Waals surface area contributed by atoms with E-state index in [1.54, 1.807) is 0 Å². The molecule has 2 rings (SSSR count). The number of anilines is 1. The van der Waals surface area contributed by atoms with Crippen LogP contribution < -0.4 is 9.64 Å². The number of hydrogen-bond donors (Lipinski definition) is 0. The number of aryl methyl sites for hydroxylation is 1. The van der Waals surface area contributed by atoms with E-state index in [1.807, 2.05) is 0 Å². The van der Waals surface area contributed by atoms with Crippen molar-refractivity contribution < 1.29 is 4.74 Å². The van der Waals surface area contributed by atoms with E-state index in [0.717, 1.165) is 64.7 Å². The third-order valence-corrected chi connectivity index (χ3v) is 4.83. The summed E-state index contributed by atoms with van der Waals surface area (Å²) in [5, 5.41) is 0. The van der Waals surface area contributed by atoms with Crippen molar-refractivity contribution in [3.63, 3.8) is 0 Å². The molecule has 4 heteroatoms. The fourth-order valence-corrected chi connectivity index (χ4v) is 3.13. The van der Waals surface area contributed by atoms with Crippen molar-refractivity contribution in [3.8, 4) is 5.75 Å². The van der Waals surface area contributed by atoms with Crippen molar-refractivity contribution in [1.82, 2.24) is 9.80 Å². The SMILES string of the molecule is CCN(CC)CCOc1ccc(C)cc1N1CCN(CC)CC1. The number of rotatable bonds is 8. The van der Waals surface area contributed by atoms with Crippen molar-refractivity contribution in [2.45, 2.75) is 27.7 Å². The highest BCUT2D eigenvalue weighted by Gasteiger charge is 2.19. The van der Waals surface area contributed by atoms with Gasteiger partial charge in [-0.2, -0.15) is 0 Å². The lowest BCUT2D eigenvalue weighted by atomic mass is 10.1. The molecule has 0 radical (unpaired) electrons. The number of likely N-dealkylation sites (N-methyl/N-ethyl adjacent to an activating group) is 2. The summed E-state index contributed by atoms with van der Waals surface area (Å²) in [5.41, 5.74) is 2.56. The molecule has 0 N–H and O–H groups in total. The number of benzene rings is 1. The van der Waals surface area contributed by atoms with Gasteiger partial charge in [0.25, 0.3) is 0 Å². The molecule has 1 aromatic rings. The maximum Gasteiger partial charge on any atom is 0.142 e. The average Bonchev–Trinajstić information content (AvgIpc) is 2.60. The molecule has 1 fully saturated rings. The van der Waals surface area contributed by atoms with Crippen LogP contribution in [0.1, 0.15) is 26.3 Å². The van der Waals surface area contributed by atoms with Crippen LogP contribution >= 0.6 is 0 Å². The van der Waals surface area contributed by atoms with Gasteiger partial charge in [-0.3, -0.25) is 0 Å². The van der Waals surface area contributed by atoms with Crippen LogP contribution in [0.25, 0.3) is 0 Å². The number of piperazine rings is 1. The molecule has 0 aliphatic carbocycles. The van der Waals surface area contributed by atoms with Gasteiger partial charge in [-0.1, -0.05) is 26.8 Å². The van der Waals surface area contributed by atoms with Crippen LogP contribution in [0.15, 0.2) is 18.2 Å². The van der Waals surface area contributed by atoms with E-state index >= 15 is 0 Å². The molecule has 1 aromatic carbocycles. The Labute approximate surface area is 142 Å². The first-order valence-electron chi connectivity index (χ1n) is 9.11. The van der Waals surface area contributed by atoms with Gasteiger partial charge in [0.05, 0.1) is 5.69 Å². The zero-order valence-corrected chi connectivity index (χ0v) is 15.3. The molecule has 1 saturated heterocycles. The summed E-state index contributed by atoms with van der Waals surface area (Å²) in [6, 6.07) is 6.56. The second-order valence-corrected chi connectivity index (χ2v) is 6.27. The molecule has 1 aliphatic heterocycles. The first kappa shape index (κ1) is 18.1. The Morgan fingerprint density at radius 3 is 2.35 bits per heavy atom. The van der Waals surface area contributed by atoms with E-state index < -0.39 is 0 Å². The van der Waals surface area contributed by atoms with Gasteiger partial charge in [-0.05, 0) is 44.3 Å². The van der Waals surface area contributed by atoms with Crippen LogP contribution in [-0.2, 0) is 0 Å². The second kappa shape index (κ2) is 9.14. The van der Waals surface area contributed by atoms with Crippen molar-refractivity contribution >= 4 is 5.69 Å². The summed E-state index contributed by atoms with van der Waals surface area (Å²) >= 11 is 0. The summed E-state index contributed by atoms with van der Waals surface area (Å²) in [7, 11) is 0. The van der Waals surface area contributed by atoms with Crippen molar-refractivity contribution in [2.24, 2.45) is 0 Å². The Balaban J connectivity index is 2.00. The zero-order chi connectivity index (χ0) is 16.7. The van der Waals surface area contributed by atoms with E-state index in [1.165, 1.54) is 11.3 Å². The van der Waals surface area contributed by atoms with Crippen molar-refractivity contribution in [3.05, 3.63) is 23.8 Å². The van der Waals surface area contributed by atoms with Gasteiger partial charge in [0.1, 0.15) is 12.4 Å². The molecule has 23 heavy (non-hydrogen) atoms. The average molecular weight is 319 g/mol. The molecule has 1 aliphatic rings. The van der Waals surface area contributed by atoms with Crippen LogP contribution in [0.5, 0.6) is 5.75 Å². The van der Waals surface area contributed by atoms with Crippen LogP contribution in [-0.4, -0.2) is 68.8 Å². The molecule has 130 valence electrons. The molecule has 0 spiro atoms. The Bertz CT molecular complexity index is 466. The normalized spacial score (nSPS) is 16.1. The third kappa shape index (κ3) is 5.11. The predicted molar refractivity (Wildman–Crippen MR) is 98.8 cm³/mol. The Morgan fingerprint density at radius 1 is 1.04 bits per heavy atom. The first-order chi connectivity index (χ1) is 11.2. The topological polar surface area (TPSA) is 19.0 Å². The van der Waals surface area contributed by atoms with E-state index in [0.29, 0.717) is 0 Å². The minimum absolute atomic E-state index is 0.757. The van der Waals surface area contributed by atoms with Gasteiger partial charge in [0, 0.05) is 32.7 Å². The molecular formula is C19H33N3O. The van der Waals surface area contributed by atoms with Gasteiger partial charge in [-0.25, -0.2) is 0 Å². The molecule has 0 aromatic heterocycles. The standard InChI is InChI=1S/C19H33N3O/c1-5-20(6-2)14-15-23-19-9-8-17(4)16-18(19)22-12-10-21(7-3)11-13-22/h8-9,16H,5-7,10-15H2,1-4H3. The van der Waals surface area contributed by atoms with Crippen LogP contribution in [0, 0.1) is 6.92 Å². The molecule has 0 saturated carbocycles. The van der Waals surface area contributed by atoms with Crippen LogP contribution in [0.3, 0.4) is 0 Å². The van der Waals surface area contributed by atoms with Gasteiger partial charge in [0.2, 0.25) is 0 Å². The van der Waals surface area contributed by atoms with Crippen molar-refractivity contribution in [1.29, 1.82) is 0 Å². The lowest BCUT2D eigenvalue weighted by molar-refractivity contribution is 0.222. The van der Waals surface area contributed by atoms with E-state index in [-0.39, 0.29) is 0 Å². The molecule has 0 amide bonds. The summed E-state index contributed by atoms with van der Waals surface area (Å²) < 4.78 is 6.14. The fraction of sp³-hybridized carbons (Fsp3) is 0.684. The molecule has 0 atom stereocenters. The number of ether oxygens (including phenoxy) is 1. The Kier molecular flexibility index (Phi) is 7.18. The maximum atomic E-state index is 6.14. The van der Waals surface area contributed by atoms with Gasteiger partial charge in [-0.15, -0.1) is 0 Å². The van der Waals surface area contributed by atoms with Gasteiger partial charge >= 0.3 is 0 Å². The highest BCUT2D eigenvalue weighted by atomic mass is 16.5. The minimum Gasteiger partial charge on any atom is -0.490 e. The Hall–Kier alpha value is -1.26. The van der Waals surface area contributed by atoms with Crippen LogP contribution in [0.4, 0.5) is 5.69 Å². The third-order valence-electron chi connectivity index (χ3n) is 4.83. The lowest BCUT2D eigenvalue weighted by Crippen LogP contribution is -2.46. The fourth-order valence-electron chi connectivity index (χ4n) is 3.13. The summed E-state index contributed by atoms with van der Waals surface area (Å²) in [6.45, 7) is 18.3. The predicted octanol–water partition coefficient (Wildman–Crippen LogP) is 2.86. The molecular weight excluding hydrogens is 286 g/mol. The van der Waals surface area contributed by atoms with E-state index in [4.69, 9.17) is 4.74 Å². The Morgan fingerprint density at radius 2 is 1.74 bits per heavy atom. The van der Waals surface area contributed by atoms with Crippen molar-refractivity contribution in [2.75, 3.05) is 63.9 Å². The zero-order valence-electron chi connectivity index (χ0n) is 15.3. The lowest BCUT2D eigenvalue weighted by Gasteiger charge is -2.36. The second-order valence-electron chi connectivity index (χ2n) is 6.27. The summed E-state index contributed by atoms with van der Waals surface area (Å²) in [5.74, 6) is 1.03. The minimum atomic E-state index is 0.757. The molecule has 0 unspecified atom stereocenters. The highest BCUT2D eigenvalue weighted by Crippen LogP contribution is 2.30. The maximum absolute atomic E-state index is 6.14. The number of nitrogens with zero attached hydrogens (tertiary/aromatic N) is 3. The molecule has 4 nitrogen and oxygen atoms in total. The van der Waals surface area contributed by atoms with Gasteiger partial charge in [0.15, 0.2) is 0 Å².